The minimum atomic E-state index is -0.139. The number of fused-ring (bicyclic) bond motifs is 3. The maximum Gasteiger partial charge on any atom is 0.317 e. The summed E-state index contributed by atoms with van der Waals surface area (Å²) in [4.78, 5) is 32.8. The Morgan fingerprint density at radius 3 is 2.85 bits per heavy atom. The number of benzene rings is 1. The number of para-hydroxylation sites is 1. The molecule has 3 N–H and O–H groups in total. The number of rotatable bonds is 2. The van der Waals surface area contributed by atoms with Crippen LogP contribution in [0.25, 0.3) is 10.9 Å². The van der Waals surface area contributed by atoms with Crippen LogP contribution in [-0.4, -0.2) is 27.4 Å². The third-order valence-electron chi connectivity index (χ3n) is 5.08. The van der Waals surface area contributed by atoms with Gasteiger partial charge in [-0.1, -0.05) is 18.2 Å². The first-order valence-corrected chi connectivity index (χ1v) is 8.83. The number of amides is 2. The number of pyridine rings is 1. The third kappa shape index (κ3) is 2.87. The van der Waals surface area contributed by atoms with Crippen LogP contribution in [0.15, 0.2) is 35.1 Å². The van der Waals surface area contributed by atoms with Crippen molar-refractivity contribution in [2.24, 2.45) is 0 Å². The standard InChI is InChI=1S/C20H22N4O2/c1-12-9-13(2)22-19(25)15(12)10-21-20(26)24-8-7-18-16(11-24)14-5-3-4-6-17(14)23-18/h3-6,9,23H,7-8,10-11H2,1-2H3,(H,21,26)(H,22,25). The second-order valence-electron chi connectivity index (χ2n) is 6.90. The molecule has 2 amide bonds. The molecule has 1 aromatic carbocycles. The lowest BCUT2D eigenvalue weighted by molar-refractivity contribution is 0.192. The number of hydrogen-bond donors (Lipinski definition) is 3. The highest BCUT2D eigenvalue weighted by molar-refractivity contribution is 5.85. The van der Waals surface area contributed by atoms with E-state index in [4.69, 9.17) is 0 Å². The summed E-state index contributed by atoms with van der Waals surface area (Å²) in [6, 6.07) is 9.95. The first-order chi connectivity index (χ1) is 12.5. The third-order valence-corrected chi connectivity index (χ3v) is 5.08. The monoisotopic (exact) mass is 350 g/mol. The molecule has 3 heterocycles. The van der Waals surface area contributed by atoms with Crippen molar-refractivity contribution in [2.75, 3.05) is 6.54 Å². The number of nitrogens with zero attached hydrogens (tertiary/aromatic N) is 1. The van der Waals surface area contributed by atoms with Crippen molar-refractivity contribution < 1.29 is 4.79 Å². The lowest BCUT2D eigenvalue weighted by Crippen LogP contribution is -2.43. The van der Waals surface area contributed by atoms with Gasteiger partial charge in [-0.05, 0) is 31.5 Å². The Hall–Kier alpha value is -3.02. The Kier molecular flexibility index (Phi) is 4.03. The molecule has 6 heteroatoms. The van der Waals surface area contributed by atoms with Crippen molar-refractivity contribution in [3.63, 3.8) is 0 Å². The lowest BCUT2D eigenvalue weighted by Gasteiger charge is -2.27. The topological polar surface area (TPSA) is 81.0 Å². The summed E-state index contributed by atoms with van der Waals surface area (Å²) in [5.74, 6) is 0. The van der Waals surface area contributed by atoms with Crippen molar-refractivity contribution in [2.45, 2.75) is 33.4 Å². The van der Waals surface area contributed by atoms with Gasteiger partial charge in [-0.15, -0.1) is 0 Å². The van der Waals surface area contributed by atoms with Gasteiger partial charge in [0, 0.05) is 52.9 Å². The summed E-state index contributed by atoms with van der Waals surface area (Å²) in [5, 5.41) is 4.07. The van der Waals surface area contributed by atoms with E-state index < -0.39 is 0 Å². The highest BCUT2D eigenvalue weighted by Gasteiger charge is 2.24. The summed E-state index contributed by atoms with van der Waals surface area (Å²) in [5.41, 5.74) is 5.69. The molecule has 2 aromatic heterocycles. The van der Waals surface area contributed by atoms with Gasteiger partial charge in [0.05, 0.1) is 6.54 Å². The molecule has 6 nitrogen and oxygen atoms in total. The predicted molar refractivity (Wildman–Crippen MR) is 101 cm³/mol. The molecule has 26 heavy (non-hydrogen) atoms. The molecular weight excluding hydrogens is 328 g/mol. The normalized spacial score (nSPS) is 13.7. The minimum Gasteiger partial charge on any atom is -0.358 e. The average Bonchev–Trinajstić information content (AvgIpc) is 2.98. The smallest absolute Gasteiger partial charge is 0.317 e. The summed E-state index contributed by atoms with van der Waals surface area (Å²) in [7, 11) is 0. The number of carbonyl (C=O) groups excluding carboxylic acids is 1. The van der Waals surface area contributed by atoms with Crippen molar-refractivity contribution >= 4 is 16.9 Å². The van der Waals surface area contributed by atoms with Gasteiger partial charge in [0.15, 0.2) is 0 Å². The molecule has 1 aliphatic rings. The zero-order valence-corrected chi connectivity index (χ0v) is 15.0. The summed E-state index contributed by atoms with van der Waals surface area (Å²) < 4.78 is 0. The molecule has 0 fully saturated rings. The maximum absolute atomic E-state index is 12.6. The molecule has 4 rings (SSSR count). The molecule has 0 saturated heterocycles. The van der Waals surface area contributed by atoms with E-state index >= 15 is 0 Å². The molecular formula is C20H22N4O2. The number of aryl methyl sites for hydroxylation is 2. The Balaban J connectivity index is 1.49. The van der Waals surface area contributed by atoms with Gasteiger partial charge in [-0.2, -0.15) is 0 Å². The van der Waals surface area contributed by atoms with Crippen LogP contribution in [0.5, 0.6) is 0 Å². The lowest BCUT2D eigenvalue weighted by atomic mass is 10.0. The molecule has 134 valence electrons. The van der Waals surface area contributed by atoms with E-state index in [-0.39, 0.29) is 18.1 Å². The quantitative estimate of drug-likeness (QED) is 0.664. The van der Waals surface area contributed by atoms with E-state index in [0.717, 1.165) is 23.2 Å². The van der Waals surface area contributed by atoms with Crippen molar-refractivity contribution in [1.82, 2.24) is 20.2 Å². The highest BCUT2D eigenvalue weighted by atomic mass is 16.2. The molecule has 0 spiro atoms. The van der Waals surface area contributed by atoms with Crippen LogP contribution in [0.2, 0.25) is 0 Å². The van der Waals surface area contributed by atoms with Gasteiger partial charge in [-0.3, -0.25) is 4.79 Å². The second-order valence-corrected chi connectivity index (χ2v) is 6.90. The number of carbonyl (C=O) groups is 1. The van der Waals surface area contributed by atoms with Crippen molar-refractivity contribution in [3.05, 3.63) is 68.8 Å². The predicted octanol–water partition coefficient (Wildman–Crippen LogP) is 2.74. The minimum absolute atomic E-state index is 0.139. The highest BCUT2D eigenvalue weighted by Crippen LogP contribution is 2.27. The SMILES string of the molecule is Cc1cc(C)c(CNC(=O)N2CCc3[nH]c4ccccc4c3C2)c(=O)[nH]1. The first-order valence-electron chi connectivity index (χ1n) is 8.83. The number of aromatic amines is 2. The van der Waals surface area contributed by atoms with Gasteiger partial charge in [0.25, 0.3) is 5.56 Å². The Morgan fingerprint density at radius 1 is 1.23 bits per heavy atom. The number of nitrogens with one attached hydrogen (secondary N) is 3. The van der Waals surface area contributed by atoms with E-state index in [1.54, 1.807) is 4.90 Å². The Bertz CT molecular complexity index is 1050. The van der Waals surface area contributed by atoms with Crippen LogP contribution < -0.4 is 10.9 Å². The fourth-order valence-corrected chi connectivity index (χ4v) is 3.72. The van der Waals surface area contributed by atoms with Crippen molar-refractivity contribution in [1.29, 1.82) is 0 Å². The number of hydrogen-bond acceptors (Lipinski definition) is 2. The van der Waals surface area contributed by atoms with Gasteiger partial charge in [0.1, 0.15) is 0 Å². The summed E-state index contributed by atoms with van der Waals surface area (Å²) >= 11 is 0. The zero-order chi connectivity index (χ0) is 18.3. The fourth-order valence-electron chi connectivity index (χ4n) is 3.72. The van der Waals surface area contributed by atoms with E-state index in [2.05, 4.69) is 27.4 Å². The fraction of sp³-hybridized carbons (Fsp3) is 0.300. The molecule has 1 aliphatic heterocycles. The molecule has 0 saturated carbocycles. The van der Waals surface area contributed by atoms with Crippen LogP contribution in [0.4, 0.5) is 4.79 Å². The van der Waals surface area contributed by atoms with E-state index in [1.807, 2.05) is 32.0 Å². The van der Waals surface area contributed by atoms with Crippen LogP contribution in [0, 0.1) is 13.8 Å². The van der Waals surface area contributed by atoms with Crippen molar-refractivity contribution in [3.8, 4) is 0 Å². The van der Waals surface area contributed by atoms with Crippen LogP contribution >= 0.6 is 0 Å². The number of H-pyrrole nitrogens is 2. The van der Waals surface area contributed by atoms with Gasteiger partial charge in [0.2, 0.25) is 0 Å². The van der Waals surface area contributed by atoms with E-state index in [9.17, 15) is 9.59 Å². The first kappa shape index (κ1) is 16.4. The van der Waals surface area contributed by atoms with E-state index in [1.165, 1.54) is 16.6 Å². The molecule has 3 aromatic rings. The Morgan fingerprint density at radius 2 is 2.04 bits per heavy atom. The summed E-state index contributed by atoms with van der Waals surface area (Å²) in [6.07, 6.45) is 0.807. The zero-order valence-electron chi connectivity index (χ0n) is 15.0. The molecule has 0 radical (unpaired) electrons. The molecule has 0 atom stereocenters. The van der Waals surface area contributed by atoms with Crippen LogP contribution in [0.1, 0.15) is 28.1 Å². The van der Waals surface area contributed by atoms with Gasteiger partial charge >= 0.3 is 6.03 Å². The average molecular weight is 350 g/mol. The Labute approximate surface area is 151 Å². The second kappa shape index (κ2) is 6.37. The molecule has 0 aliphatic carbocycles. The maximum atomic E-state index is 12.6. The van der Waals surface area contributed by atoms with Crippen LogP contribution in [0.3, 0.4) is 0 Å². The van der Waals surface area contributed by atoms with E-state index in [0.29, 0.717) is 18.7 Å². The largest absolute Gasteiger partial charge is 0.358 e. The molecule has 0 unspecified atom stereocenters. The summed E-state index contributed by atoms with van der Waals surface area (Å²) in [6.45, 7) is 5.22. The van der Waals surface area contributed by atoms with Crippen LogP contribution in [-0.2, 0) is 19.5 Å². The van der Waals surface area contributed by atoms with Gasteiger partial charge in [-0.25, -0.2) is 4.79 Å². The number of aromatic nitrogens is 2. The number of urea groups is 1. The van der Waals surface area contributed by atoms with Gasteiger partial charge < -0.3 is 20.2 Å². The molecule has 0 bridgehead atoms.